The second-order valence-electron chi connectivity index (χ2n) is 12.5. The van der Waals surface area contributed by atoms with Crippen molar-refractivity contribution in [1.29, 1.82) is 0 Å². The van der Waals surface area contributed by atoms with Gasteiger partial charge in [0.25, 0.3) is 0 Å². The van der Waals surface area contributed by atoms with Crippen LogP contribution in [-0.4, -0.2) is 68.6 Å². The number of aromatic nitrogens is 2. The predicted molar refractivity (Wildman–Crippen MR) is 164 cm³/mol. The van der Waals surface area contributed by atoms with Crippen LogP contribution in [0.4, 0.5) is 4.79 Å². The van der Waals surface area contributed by atoms with E-state index >= 15 is 0 Å². The summed E-state index contributed by atoms with van der Waals surface area (Å²) in [5.74, 6) is -1.78. The molecule has 1 aromatic heterocycles. The summed E-state index contributed by atoms with van der Waals surface area (Å²) in [6.07, 6.45) is -0.171. The Hall–Kier alpha value is -4.61. The first kappa shape index (κ1) is 32.3. The number of nitrogens with zero attached hydrogens (tertiary/aromatic N) is 2. The molecule has 3 N–H and O–H groups in total. The first-order valence-electron chi connectivity index (χ1n) is 14.7. The molecule has 1 saturated heterocycles. The highest BCUT2D eigenvalue weighted by Crippen LogP contribution is 2.25. The number of benzene rings is 2. The molecule has 0 unspecified atom stereocenters. The molecule has 1 aliphatic rings. The summed E-state index contributed by atoms with van der Waals surface area (Å²) in [4.78, 5) is 69.5. The number of rotatable bonds is 9. The summed E-state index contributed by atoms with van der Waals surface area (Å²) in [5, 5.41) is 5.19. The fraction of sp³-hybridized carbons (Fsp3) is 0.469. The molecule has 12 nitrogen and oxygen atoms in total. The van der Waals surface area contributed by atoms with Crippen molar-refractivity contribution in [1.82, 2.24) is 25.1 Å². The van der Waals surface area contributed by atoms with Gasteiger partial charge >= 0.3 is 17.8 Å². The minimum Gasteiger partial charge on any atom is -0.461 e. The fourth-order valence-electron chi connectivity index (χ4n) is 5.12. The number of nitrogens with one attached hydrogen (secondary N) is 3. The molecular weight excluding hydrogens is 566 g/mol. The topological polar surface area (TPSA) is 152 Å². The molecule has 3 aromatic rings. The number of ether oxygens (including phenoxy) is 2. The van der Waals surface area contributed by atoms with Crippen LogP contribution in [0.15, 0.2) is 59.4 Å². The summed E-state index contributed by atoms with van der Waals surface area (Å²) in [5.41, 5.74) is -0.115. The highest BCUT2D eigenvalue weighted by molar-refractivity contribution is 5.95. The van der Waals surface area contributed by atoms with Gasteiger partial charge in [-0.05, 0) is 65.2 Å². The highest BCUT2D eigenvalue weighted by Gasteiger charge is 2.37. The molecular formula is C32H41N5O7. The number of carbonyl (C=O) groups excluding carboxylic acids is 4. The molecule has 1 fully saturated rings. The lowest BCUT2D eigenvalue weighted by Crippen LogP contribution is -2.60. The van der Waals surface area contributed by atoms with Gasteiger partial charge in [0.15, 0.2) is 0 Å². The number of aromatic amines is 1. The number of hydrogen-bond donors (Lipinski definition) is 3. The average Bonchev–Trinajstić information content (AvgIpc) is 3.30. The molecule has 0 saturated carbocycles. The average molecular weight is 608 g/mol. The van der Waals surface area contributed by atoms with Gasteiger partial charge in [-0.25, -0.2) is 9.59 Å². The van der Waals surface area contributed by atoms with Crippen LogP contribution < -0.4 is 16.3 Å². The Morgan fingerprint density at radius 1 is 0.955 bits per heavy atom. The van der Waals surface area contributed by atoms with Gasteiger partial charge in [0, 0.05) is 19.1 Å². The van der Waals surface area contributed by atoms with Gasteiger partial charge in [-0.15, -0.1) is 0 Å². The smallest absolute Gasteiger partial charge is 0.408 e. The van der Waals surface area contributed by atoms with Gasteiger partial charge in [-0.3, -0.25) is 19.0 Å². The van der Waals surface area contributed by atoms with Crippen molar-refractivity contribution in [2.45, 2.75) is 83.7 Å². The third kappa shape index (κ3) is 8.27. The first-order chi connectivity index (χ1) is 20.7. The molecule has 1 aliphatic heterocycles. The van der Waals surface area contributed by atoms with Crippen molar-refractivity contribution in [2.75, 3.05) is 13.1 Å². The van der Waals surface area contributed by atoms with Crippen molar-refractivity contribution in [3.05, 3.63) is 70.6 Å². The molecule has 44 heavy (non-hydrogen) atoms. The van der Waals surface area contributed by atoms with Crippen molar-refractivity contribution >= 4 is 34.9 Å². The van der Waals surface area contributed by atoms with Crippen LogP contribution in [0, 0.1) is 0 Å². The van der Waals surface area contributed by atoms with E-state index in [0.29, 0.717) is 25.9 Å². The maximum atomic E-state index is 13.8. The number of hydrogen-bond acceptors (Lipinski definition) is 7. The van der Waals surface area contributed by atoms with E-state index in [4.69, 9.17) is 9.47 Å². The number of esters is 1. The van der Waals surface area contributed by atoms with E-state index in [9.17, 15) is 24.0 Å². The predicted octanol–water partition coefficient (Wildman–Crippen LogP) is 3.41. The minimum absolute atomic E-state index is 0.0188. The van der Waals surface area contributed by atoms with Crippen LogP contribution in [0.5, 0.6) is 0 Å². The SMILES string of the molecule is CC(C)(C)OC(=O)NC(C)(C)C(=O)N[C@H](CC(=O)OCc1ccccc1)C(=O)N1CCC(n2c(=O)[nH]c3ccccc32)CC1. The Labute approximate surface area is 256 Å². The largest absolute Gasteiger partial charge is 0.461 e. The molecule has 0 spiro atoms. The number of fused-ring (bicyclic) bond motifs is 1. The lowest BCUT2D eigenvalue weighted by molar-refractivity contribution is -0.149. The van der Waals surface area contributed by atoms with Crippen LogP contribution in [-0.2, 0) is 30.5 Å². The molecule has 0 aliphatic carbocycles. The number of alkyl carbamates (subject to hydrolysis) is 1. The van der Waals surface area contributed by atoms with Gasteiger partial charge in [0.1, 0.15) is 23.8 Å². The van der Waals surface area contributed by atoms with Crippen molar-refractivity contribution in [2.24, 2.45) is 0 Å². The Kier molecular flexibility index (Phi) is 9.81. The van der Waals surface area contributed by atoms with E-state index in [2.05, 4.69) is 15.6 Å². The summed E-state index contributed by atoms with van der Waals surface area (Å²) < 4.78 is 12.4. The molecule has 3 amide bonds. The van der Waals surface area contributed by atoms with E-state index in [1.165, 1.54) is 13.8 Å². The van der Waals surface area contributed by atoms with Crippen LogP contribution in [0.3, 0.4) is 0 Å². The van der Waals surface area contributed by atoms with Crippen LogP contribution in [0.2, 0.25) is 0 Å². The van der Waals surface area contributed by atoms with E-state index in [-0.39, 0.29) is 18.3 Å². The molecule has 12 heteroatoms. The Balaban J connectivity index is 1.45. The monoisotopic (exact) mass is 607 g/mol. The Bertz CT molecular complexity index is 1550. The maximum absolute atomic E-state index is 13.8. The van der Waals surface area contributed by atoms with Crippen molar-refractivity contribution < 1.29 is 28.7 Å². The third-order valence-electron chi connectivity index (χ3n) is 7.36. The zero-order valence-electron chi connectivity index (χ0n) is 25.8. The summed E-state index contributed by atoms with van der Waals surface area (Å²) in [6.45, 7) is 8.72. The Morgan fingerprint density at radius 3 is 2.25 bits per heavy atom. The number of piperidine rings is 1. The third-order valence-corrected chi connectivity index (χ3v) is 7.36. The number of para-hydroxylation sites is 2. The molecule has 1 atom stereocenters. The molecule has 2 heterocycles. The van der Waals surface area contributed by atoms with Crippen LogP contribution >= 0.6 is 0 Å². The Morgan fingerprint density at radius 2 is 1.59 bits per heavy atom. The number of imidazole rings is 1. The zero-order chi connectivity index (χ0) is 32.1. The first-order valence-corrected chi connectivity index (χ1v) is 14.7. The van der Waals surface area contributed by atoms with Gasteiger partial charge in [-0.1, -0.05) is 42.5 Å². The van der Waals surface area contributed by atoms with Crippen molar-refractivity contribution in [3.8, 4) is 0 Å². The highest BCUT2D eigenvalue weighted by atomic mass is 16.6. The molecule has 0 bridgehead atoms. The normalized spacial score (nSPS) is 15.0. The van der Waals surface area contributed by atoms with E-state index in [0.717, 1.165) is 16.6 Å². The number of amides is 3. The molecule has 2 aromatic carbocycles. The van der Waals surface area contributed by atoms with E-state index in [1.54, 1.807) is 30.2 Å². The van der Waals surface area contributed by atoms with Gasteiger partial charge in [0.2, 0.25) is 11.8 Å². The van der Waals surface area contributed by atoms with E-state index in [1.807, 2.05) is 54.6 Å². The van der Waals surface area contributed by atoms with E-state index < -0.39 is 47.5 Å². The van der Waals surface area contributed by atoms with Crippen molar-refractivity contribution in [3.63, 3.8) is 0 Å². The number of likely N-dealkylation sites (tertiary alicyclic amines) is 1. The zero-order valence-corrected chi connectivity index (χ0v) is 25.8. The fourth-order valence-corrected chi connectivity index (χ4v) is 5.12. The summed E-state index contributed by atoms with van der Waals surface area (Å²) in [7, 11) is 0. The lowest BCUT2D eigenvalue weighted by atomic mass is 10.0. The van der Waals surface area contributed by atoms with Gasteiger partial charge < -0.3 is 30.0 Å². The maximum Gasteiger partial charge on any atom is 0.408 e. The standard InChI is InChI=1S/C32H41N5O7/c1-31(2,3)44-30(42)35-32(4,5)28(40)33-24(19-26(38)43-20-21-11-7-6-8-12-21)27(39)36-17-15-22(16-18-36)37-25-14-10-9-13-23(25)34-29(37)41/h6-14,22,24H,15-20H2,1-5H3,(H,33,40)(H,34,41)(H,35,42)/t24-/m1/s1. The molecule has 0 radical (unpaired) electrons. The quantitative estimate of drug-likeness (QED) is 0.315. The second-order valence-corrected chi connectivity index (χ2v) is 12.5. The van der Waals surface area contributed by atoms with Crippen LogP contribution in [0.1, 0.15) is 65.5 Å². The number of H-pyrrole nitrogens is 1. The summed E-state index contributed by atoms with van der Waals surface area (Å²) >= 11 is 0. The van der Waals surface area contributed by atoms with Crippen LogP contribution in [0.25, 0.3) is 11.0 Å². The van der Waals surface area contributed by atoms with Gasteiger partial charge in [-0.2, -0.15) is 0 Å². The molecule has 4 rings (SSSR count). The summed E-state index contributed by atoms with van der Waals surface area (Å²) in [6, 6.07) is 15.2. The lowest BCUT2D eigenvalue weighted by Gasteiger charge is -2.35. The van der Waals surface area contributed by atoms with Gasteiger partial charge in [0.05, 0.1) is 17.5 Å². The number of carbonyl (C=O) groups is 4. The second kappa shape index (κ2) is 13.4. The molecule has 236 valence electrons. The minimum atomic E-state index is -1.46.